The lowest BCUT2D eigenvalue weighted by atomic mass is 9.94. The Morgan fingerprint density at radius 3 is 3.00 bits per heavy atom. The standard InChI is InChI=1S/C16H21NO3/c1-11-4-3-5-12-8-14(20-15(11)12)16(2,18)9-13-10-19-7-6-17-13/h3-5,8,13,17-18H,6-7,9-10H2,1-2H3. The molecule has 1 aromatic heterocycles. The van der Waals surface area contributed by atoms with Crippen LogP contribution in [0.25, 0.3) is 11.0 Å². The molecule has 1 aromatic carbocycles. The van der Waals surface area contributed by atoms with Gasteiger partial charge in [-0.3, -0.25) is 0 Å². The van der Waals surface area contributed by atoms with Gasteiger partial charge in [0.2, 0.25) is 0 Å². The van der Waals surface area contributed by atoms with Crippen molar-refractivity contribution in [2.75, 3.05) is 19.8 Å². The highest BCUT2D eigenvalue weighted by Crippen LogP contribution is 2.32. The summed E-state index contributed by atoms with van der Waals surface area (Å²) in [6.45, 7) is 6.02. The van der Waals surface area contributed by atoms with E-state index < -0.39 is 5.60 Å². The van der Waals surface area contributed by atoms with Crippen molar-refractivity contribution in [1.29, 1.82) is 0 Å². The Labute approximate surface area is 118 Å². The minimum Gasteiger partial charge on any atom is -0.458 e. The summed E-state index contributed by atoms with van der Waals surface area (Å²) in [5.41, 5.74) is 0.948. The molecular weight excluding hydrogens is 254 g/mol. The lowest BCUT2D eigenvalue weighted by molar-refractivity contribution is -0.00958. The Hall–Kier alpha value is -1.36. The van der Waals surface area contributed by atoms with E-state index >= 15 is 0 Å². The largest absolute Gasteiger partial charge is 0.458 e. The second-order valence-corrected chi connectivity index (χ2v) is 5.81. The molecule has 2 atom stereocenters. The minimum atomic E-state index is -0.996. The van der Waals surface area contributed by atoms with Crippen molar-refractivity contribution in [2.45, 2.75) is 31.9 Å². The van der Waals surface area contributed by atoms with E-state index in [4.69, 9.17) is 9.15 Å². The van der Waals surface area contributed by atoms with Gasteiger partial charge in [0.15, 0.2) is 0 Å². The highest BCUT2D eigenvalue weighted by molar-refractivity contribution is 5.81. The fraction of sp³-hybridized carbons (Fsp3) is 0.500. The number of aliphatic hydroxyl groups is 1. The van der Waals surface area contributed by atoms with E-state index in [1.807, 2.05) is 31.2 Å². The number of hydrogen-bond acceptors (Lipinski definition) is 4. The van der Waals surface area contributed by atoms with Crippen LogP contribution in [0, 0.1) is 6.92 Å². The van der Waals surface area contributed by atoms with Gasteiger partial charge >= 0.3 is 0 Å². The van der Waals surface area contributed by atoms with Crippen LogP contribution in [0.4, 0.5) is 0 Å². The smallest absolute Gasteiger partial charge is 0.137 e. The fourth-order valence-corrected chi connectivity index (χ4v) is 2.81. The predicted octanol–water partition coefficient (Wildman–Crippen LogP) is 2.33. The molecule has 2 aromatic rings. The van der Waals surface area contributed by atoms with Crippen LogP contribution in [-0.4, -0.2) is 30.9 Å². The summed E-state index contributed by atoms with van der Waals surface area (Å²) in [6.07, 6.45) is 0.575. The molecule has 0 saturated carbocycles. The first kappa shape index (κ1) is 13.6. The van der Waals surface area contributed by atoms with Crippen LogP contribution in [0.5, 0.6) is 0 Å². The van der Waals surface area contributed by atoms with Crippen LogP contribution in [0.2, 0.25) is 0 Å². The third-order valence-electron chi connectivity index (χ3n) is 3.91. The van der Waals surface area contributed by atoms with Crippen molar-refractivity contribution in [3.63, 3.8) is 0 Å². The SMILES string of the molecule is Cc1cccc2cc(C(C)(O)CC3COCCN3)oc12. The number of aryl methyl sites for hydroxylation is 1. The average Bonchev–Trinajstić information content (AvgIpc) is 2.86. The average molecular weight is 275 g/mol. The van der Waals surface area contributed by atoms with E-state index in [1.165, 1.54) is 0 Å². The zero-order valence-electron chi connectivity index (χ0n) is 12.0. The number of hydrogen-bond donors (Lipinski definition) is 2. The van der Waals surface area contributed by atoms with Crippen molar-refractivity contribution in [1.82, 2.24) is 5.32 Å². The summed E-state index contributed by atoms with van der Waals surface area (Å²) in [7, 11) is 0. The first-order valence-corrected chi connectivity index (χ1v) is 7.09. The number of benzene rings is 1. The molecular formula is C16H21NO3. The fourth-order valence-electron chi connectivity index (χ4n) is 2.81. The van der Waals surface area contributed by atoms with Crippen LogP contribution < -0.4 is 5.32 Å². The van der Waals surface area contributed by atoms with E-state index in [2.05, 4.69) is 5.32 Å². The Morgan fingerprint density at radius 2 is 2.30 bits per heavy atom. The summed E-state index contributed by atoms with van der Waals surface area (Å²) < 4.78 is 11.3. The molecule has 0 spiro atoms. The molecule has 1 aliphatic rings. The summed E-state index contributed by atoms with van der Waals surface area (Å²) in [4.78, 5) is 0. The van der Waals surface area contributed by atoms with Crippen molar-refractivity contribution in [3.8, 4) is 0 Å². The van der Waals surface area contributed by atoms with Gasteiger partial charge in [0.25, 0.3) is 0 Å². The highest BCUT2D eigenvalue weighted by atomic mass is 16.5. The number of ether oxygens (including phenoxy) is 1. The molecule has 108 valence electrons. The lowest BCUT2D eigenvalue weighted by Gasteiger charge is -2.30. The first-order valence-electron chi connectivity index (χ1n) is 7.09. The zero-order chi connectivity index (χ0) is 14.2. The quantitative estimate of drug-likeness (QED) is 0.902. The van der Waals surface area contributed by atoms with Gasteiger partial charge in [0, 0.05) is 24.4 Å². The minimum absolute atomic E-state index is 0.160. The summed E-state index contributed by atoms with van der Waals surface area (Å²) in [5.74, 6) is 0.620. The van der Waals surface area contributed by atoms with E-state index in [1.54, 1.807) is 6.92 Å². The highest BCUT2D eigenvalue weighted by Gasteiger charge is 2.32. The molecule has 0 bridgehead atoms. The van der Waals surface area contributed by atoms with E-state index in [9.17, 15) is 5.11 Å². The lowest BCUT2D eigenvalue weighted by Crippen LogP contribution is -2.45. The summed E-state index contributed by atoms with van der Waals surface area (Å²) in [5, 5.41) is 15.1. The van der Waals surface area contributed by atoms with Crippen molar-refractivity contribution < 1.29 is 14.3 Å². The van der Waals surface area contributed by atoms with Crippen molar-refractivity contribution in [2.24, 2.45) is 0 Å². The van der Waals surface area contributed by atoms with Gasteiger partial charge < -0.3 is 19.6 Å². The van der Waals surface area contributed by atoms with Crippen molar-refractivity contribution >= 4 is 11.0 Å². The maximum absolute atomic E-state index is 10.7. The Bertz CT molecular complexity index is 597. The molecule has 1 fully saturated rings. The monoisotopic (exact) mass is 275 g/mol. The number of para-hydroxylation sites is 1. The number of fused-ring (bicyclic) bond motifs is 1. The predicted molar refractivity (Wildman–Crippen MR) is 77.7 cm³/mol. The zero-order valence-corrected chi connectivity index (χ0v) is 12.0. The molecule has 0 amide bonds. The van der Waals surface area contributed by atoms with Gasteiger partial charge in [0.1, 0.15) is 16.9 Å². The Kier molecular flexibility index (Phi) is 3.54. The molecule has 20 heavy (non-hydrogen) atoms. The molecule has 2 heterocycles. The normalized spacial score (nSPS) is 22.9. The number of furan rings is 1. The maximum atomic E-state index is 10.7. The van der Waals surface area contributed by atoms with E-state index in [0.29, 0.717) is 18.8 Å². The van der Waals surface area contributed by atoms with E-state index in [-0.39, 0.29) is 6.04 Å². The van der Waals surface area contributed by atoms with Gasteiger partial charge in [-0.1, -0.05) is 18.2 Å². The molecule has 4 nitrogen and oxygen atoms in total. The molecule has 2 N–H and O–H groups in total. The van der Waals surface area contributed by atoms with Crippen LogP contribution in [0.3, 0.4) is 0 Å². The molecule has 2 unspecified atom stereocenters. The number of morpholine rings is 1. The number of rotatable bonds is 3. The number of nitrogens with one attached hydrogen (secondary N) is 1. The van der Waals surface area contributed by atoms with Gasteiger partial charge in [-0.05, 0) is 25.5 Å². The molecule has 4 heteroatoms. The molecule has 1 aliphatic heterocycles. The molecule has 0 aliphatic carbocycles. The third-order valence-corrected chi connectivity index (χ3v) is 3.91. The van der Waals surface area contributed by atoms with Gasteiger partial charge in [-0.2, -0.15) is 0 Å². The Morgan fingerprint density at radius 1 is 1.45 bits per heavy atom. The van der Waals surface area contributed by atoms with Crippen LogP contribution in [-0.2, 0) is 10.3 Å². The van der Waals surface area contributed by atoms with E-state index in [0.717, 1.165) is 29.7 Å². The van der Waals surface area contributed by atoms with Gasteiger partial charge in [-0.15, -0.1) is 0 Å². The van der Waals surface area contributed by atoms with Crippen LogP contribution >= 0.6 is 0 Å². The molecule has 3 rings (SSSR count). The van der Waals surface area contributed by atoms with Crippen molar-refractivity contribution in [3.05, 3.63) is 35.6 Å². The second-order valence-electron chi connectivity index (χ2n) is 5.81. The van der Waals surface area contributed by atoms with Crippen LogP contribution in [0.15, 0.2) is 28.7 Å². The van der Waals surface area contributed by atoms with Gasteiger partial charge in [-0.25, -0.2) is 0 Å². The second kappa shape index (κ2) is 5.20. The van der Waals surface area contributed by atoms with Gasteiger partial charge in [0.05, 0.1) is 13.2 Å². The summed E-state index contributed by atoms with van der Waals surface area (Å²) >= 11 is 0. The summed E-state index contributed by atoms with van der Waals surface area (Å²) in [6, 6.07) is 8.12. The molecule has 1 saturated heterocycles. The third kappa shape index (κ3) is 2.59. The topological polar surface area (TPSA) is 54.6 Å². The van der Waals surface area contributed by atoms with Crippen LogP contribution in [0.1, 0.15) is 24.7 Å². The molecule has 0 radical (unpaired) electrons. The maximum Gasteiger partial charge on any atom is 0.137 e. The first-order chi connectivity index (χ1) is 9.56. The Balaban J connectivity index is 1.86.